The van der Waals surface area contributed by atoms with Gasteiger partial charge in [-0.05, 0) is 48.4 Å². The van der Waals surface area contributed by atoms with Gasteiger partial charge in [0.15, 0.2) is 0 Å². The van der Waals surface area contributed by atoms with Gasteiger partial charge in [0, 0.05) is 36.2 Å². The predicted octanol–water partition coefficient (Wildman–Crippen LogP) is 10.1. The summed E-state index contributed by atoms with van der Waals surface area (Å²) < 4.78 is 12.7. The van der Waals surface area contributed by atoms with Gasteiger partial charge in [-0.3, -0.25) is 0 Å². The van der Waals surface area contributed by atoms with Gasteiger partial charge >= 0.3 is 0 Å². The molecule has 212 valence electrons. The predicted molar refractivity (Wildman–Crippen MR) is 175 cm³/mol. The molecule has 0 saturated heterocycles. The number of hydrogen-bond acceptors (Lipinski definition) is 5. The highest BCUT2D eigenvalue weighted by Gasteiger charge is 2.23. The maximum absolute atomic E-state index is 6.36. The second-order valence-electron chi connectivity index (χ2n) is 10.2. The number of ether oxygens (including phenoxy) is 2. The fourth-order valence-corrected chi connectivity index (χ4v) is 16.3. The van der Waals surface area contributed by atoms with Crippen LogP contribution in [-0.4, -0.2) is 53.8 Å². The van der Waals surface area contributed by atoms with Crippen LogP contribution in [-0.2, 0) is 9.47 Å². The first-order valence-electron chi connectivity index (χ1n) is 15.3. The lowest BCUT2D eigenvalue weighted by atomic mass is 10.2. The van der Waals surface area contributed by atoms with Gasteiger partial charge in [0.2, 0.25) is 0 Å². The van der Waals surface area contributed by atoms with Crippen molar-refractivity contribution < 1.29 is 9.47 Å². The van der Waals surface area contributed by atoms with E-state index in [2.05, 4.69) is 63.1 Å². The molecule has 0 aliphatic carbocycles. The molecule has 7 heteroatoms. The Balaban J connectivity index is 3.99. The van der Waals surface area contributed by atoms with Crippen LogP contribution in [0.1, 0.15) is 119 Å². The Bertz CT molecular complexity index is 374. The lowest BCUT2D eigenvalue weighted by Gasteiger charge is -2.26. The zero-order valence-corrected chi connectivity index (χ0v) is 29.3. The van der Waals surface area contributed by atoms with Crippen molar-refractivity contribution >= 4 is 49.0 Å². The molecule has 0 heterocycles. The van der Waals surface area contributed by atoms with E-state index in [0.29, 0.717) is 11.5 Å². The van der Waals surface area contributed by atoms with E-state index in [-0.39, 0.29) is 0 Å². The van der Waals surface area contributed by atoms with Crippen LogP contribution in [0.5, 0.6) is 0 Å². The first-order valence-corrected chi connectivity index (χ1v) is 23.7. The molecule has 0 saturated carbocycles. The van der Waals surface area contributed by atoms with E-state index >= 15 is 0 Å². The summed E-state index contributed by atoms with van der Waals surface area (Å²) in [5.41, 5.74) is 1.26. The second kappa shape index (κ2) is 28.4. The molecule has 0 radical (unpaired) electrons. The highest BCUT2D eigenvalue weighted by atomic mass is 33.5. The molecular weight excluding hydrogens is 521 g/mol. The zero-order chi connectivity index (χ0) is 26.0. The van der Waals surface area contributed by atoms with E-state index in [1.807, 2.05) is 9.83 Å². The molecule has 0 aromatic rings. The summed E-state index contributed by atoms with van der Waals surface area (Å²) in [5, 5.41) is 0. The van der Waals surface area contributed by atoms with Gasteiger partial charge in [0.1, 0.15) is 0 Å². The molecule has 0 aromatic heterocycles. The first-order chi connectivity index (χ1) is 17.2. The number of unbranched alkanes of at least 4 members (excludes halogenated alkanes) is 2. The van der Waals surface area contributed by atoms with Crippen molar-refractivity contribution in [2.45, 2.75) is 154 Å². The Morgan fingerprint density at radius 2 is 0.886 bits per heavy atom. The molecule has 0 N–H and O–H groups in total. The lowest BCUT2D eigenvalue weighted by Crippen LogP contribution is -2.33. The van der Waals surface area contributed by atoms with Crippen molar-refractivity contribution in [3.05, 3.63) is 0 Å². The standard InChI is InChI=1S/C28H62O2S3Si2/c1-7-19-29-27(34(23-9-3)24-10-4)17-13-15-21-31-33-32-22-16-14-18-28(30-20-8-2)35(25-11-5)26-12-6/h27-28,34-35H,7-26H2,1-6H3. The number of hydrogen-bond donors (Lipinski definition) is 0. The van der Waals surface area contributed by atoms with Gasteiger partial charge in [-0.2, -0.15) is 0 Å². The monoisotopic (exact) mass is 582 g/mol. The minimum absolute atomic E-state index is 0.629. The fourth-order valence-electron chi connectivity index (χ4n) is 5.08. The van der Waals surface area contributed by atoms with Crippen molar-refractivity contribution in [1.82, 2.24) is 0 Å². The van der Waals surface area contributed by atoms with Crippen molar-refractivity contribution in [2.24, 2.45) is 0 Å². The molecule has 0 spiro atoms. The average Bonchev–Trinajstić information content (AvgIpc) is 2.86. The molecule has 0 aliphatic heterocycles. The summed E-state index contributed by atoms with van der Waals surface area (Å²) >= 11 is 0. The average molecular weight is 583 g/mol. The Morgan fingerprint density at radius 1 is 0.514 bits per heavy atom. The smallest absolute Gasteiger partial charge is 0.0716 e. The summed E-state index contributed by atoms with van der Waals surface area (Å²) in [4.78, 5) is 0. The van der Waals surface area contributed by atoms with Crippen LogP contribution in [0.15, 0.2) is 0 Å². The minimum Gasteiger partial charge on any atom is -0.382 e. The SMILES string of the molecule is CCCOC(CCCCSSSCCCCC(OCCC)[SiH](CCC)CCC)[SiH](CCC)CCC. The van der Waals surface area contributed by atoms with Crippen LogP contribution >= 0.6 is 31.4 Å². The maximum Gasteiger partial charge on any atom is 0.0716 e. The topological polar surface area (TPSA) is 18.5 Å². The van der Waals surface area contributed by atoms with Gasteiger partial charge < -0.3 is 9.47 Å². The largest absolute Gasteiger partial charge is 0.382 e. The van der Waals surface area contributed by atoms with E-state index in [4.69, 9.17) is 9.47 Å². The summed E-state index contributed by atoms with van der Waals surface area (Å²) in [6.45, 7) is 15.8. The Labute approximate surface area is 236 Å². The Morgan fingerprint density at radius 3 is 1.20 bits per heavy atom. The van der Waals surface area contributed by atoms with Crippen LogP contribution in [0.4, 0.5) is 0 Å². The van der Waals surface area contributed by atoms with Crippen LogP contribution in [0.2, 0.25) is 24.2 Å². The van der Waals surface area contributed by atoms with Gasteiger partial charge in [0.25, 0.3) is 0 Å². The molecule has 2 nitrogen and oxygen atoms in total. The van der Waals surface area contributed by atoms with Crippen molar-refractivity contribution in [2.75, 3.05) is 24.7 Å². The third-order valence-corrected chi connectivity index (χ3v) is 19.6. The van der Waals surface area contributed by atoms with E-state index in [1.54, 1.807) is 0 Å². The van der Waals surface area contributed by atoms with Crippen LogP contribution in [0.25, 0.3) is 0 Å². The molecule has 2 unspecified atom stereocenters. The highest BCUT2D eigenvalue weighted by molar-refractivity contribution is 9.09. The van der Waals surface area contributed by atoms with Crippen LogP contribution in [0, 0.1) is 0 Å². The molecule has 2 atom stereocenters. The molecule has 35 heavy (non-hydrogen) atoms. The molecule has 0 aromatic carbocycles. The molecular formula is C28H62O2S3Si2. The van der Waals surface area contributed by atoms with Gasteiger partial charge in [-0.25, -0.2) is 0 Å². The molecule has 0 bridgehead atoms. The van der Waals surface area contributed by atoms with E-state index in [9.17, 15) is 0 Å². The highest BCUT2D eigenvalue weighted by Crippen LogP contribution is 2.36. The van der Waals surface area contributed by atoms with Crippen molar-refractivity contribution in [3.8, 4) is 0 Å². The Hall–Kier alpha value is 1.40. The molecule has 0 rings (SSSR count). The summed E-state index contributed by atoms with van der Waals surface area (Å²) in [7, 11) is 4.72. The maximum atomic E-state index is 6.36. The minimum atomic E-state index is -0.736. The van der Waals surface area contributed by atoms with Gasteiger partial charge in [0.05, 0.1) is 17.6 Å². The van der Waals surface area contributed by atoms with Crippen molar-refractivity contribution in [3.63, 3.8) is 0 Å². The second-order valence-corrected chi connectivity index (χ2v) is 21.5. The quantitative estimate of drug-likeness (QED) is 0.0517. The molecule has 0 aliphatic rings. The first kappa shape index (κ1) is 36.4. The van der Waals surface area contributed by atoms with Crippen LogP contribution in [0.3, 0.4) is 0 Å². The zero-order valence-electron chi connectivity index (χ0n) is 24.5. The third-order valence-electron chi connectivity index (χ3n) is 6.79. The van der Waals surface area contributed by atoms with Crippen molar-refractivity contribution in [1.29, 1.82) is 0 Å². The Kier molecular flexibility index (Phi) is 29.6. The molecule has 0 amide bonds. The summed E-state index contributed by atoms with van der Waals surface area (Å²) in [6, 6.07) is 5.87. The van der Waals surface area contributed by atoms with Gasteiger partial charge in [-0.15, -0.1) is 0 Å². The van der Waals surface area contributed by atoms with E-state index in [0.717, 1.165) is 26.1 Å². The third kappa shape index (κ3) is 21.0. The van der Waals surface area contributed by atoms with E-state index in [1.165, 1.54) is 99.9 Å². The fraction of sp³-hybridized carbons (Fsp3) is 1.00. The molecule has 0 fully saturated rings. The van der Waals surface area contributed by atoms with Crippen LogP contribution < -0.4 is 0 Å². The normalized spacial score (nSPS) is 13.7. The summed E-state index contributed by atoms with van der Waals surface area (Å²) in [5.74, 6) is 2.58. The van der Waals surface area contributed by atoms with E-state index < -0.39 is 17.6 Å². The summed E-state index contributed by atoms with van der Waals surface area (Å²) in [6.07, 6.45) is 15.7. The van der Waals surface area contributed by atoms with Gasteiger partial charge in [-0.1, -0.05) is 126 Å². The number of rotatable bonds is 28. The lowest BCUT2D eigenvalue weighted by molar-refractivity contribution is 0.0944.